The number of hydrogen-bond acceptors (Lipinski definition) is 4. The average Bonchev–Trinajstić information content (AvgIpc) is 3.08. The van der Waals surface area contributed by atoms with Crippen molar-refractivity contribution < 1.29 is 9.53 Å². The summed E-state index contributed by atoms with van der Waals surface area (Å²) in [4.78, 5) is 14.4. The summed E-state index contributed by atoms with van der Waals surface area (Å²) in [6.07, 6.45) is 4.40. The number of nitrogens with zero attached hydrogens (tertiary/aromatic N) is 1. The summed E-state index contributed by atoms with van der Waals surface area (Å²) >= 11 is 0. The molecule has 3 rings (SSSR count). The van der Waals surface area contributed by atoms with Crippen LogP contribution in [-0.4, -0.2) is 49.3 Å². The summed E-state index contributed by atoms with van der Waals surface area (Å²) < 4.78 is 5.27. The smallest absolute Gasteiger partial charge is 0.407 e. The van der Waals surface area contributed by atoms with Crippen molar-refractivity contribution in [3.63, 3.8) is 0 Å². The van der Waals surface area contributed by atoms with Gasteiger partial charge in [-0.25, -0.2) is 4.79 Å². The largest absolute Gasteiger partial charge is 0.445 e. The normalized spacial score (nSPS) is 24.5. The number of rotatable bonds is 8. The van der Waals surface area contributed by atoms with E-state index < -0.39 is 0 Å². The van der Waals surface area contributed by atoms with Crippen LogP contribution in [0, 0.1) is 5.92 Å². The van der Waals surface area contributed by atoms with Gasteiger partial charge in [0.25, 0.3) is 0 Å². The summed E-state index contributed by atoms with van der Waals surface area (Å²) in [7, 11) is 0. The van der Waals surface area contributed by atoms with Gasteiger partial charge in [-0.15, -0.1) is 0 Å². The highest BCUT2D eigenvalue weighted by Crippen LogP contribution is 2.20. The van der Waals surface area contributed by atoms with Crippen molar-refractivity contribution in [1.82, 2.24) is 15.5 Å². The number of nitrogens with one attached hydrogen (secondary N) is 2. The van der Waals surface area contributed by atoms with Gasteiger partial charge in [-0.3, -0.25) is 0 Å². The summed E-state index contributed by atoms with van der Waals surface area (Å²) in [5, 5.41) is 6.59. The van der Waals surface area contributed by atoms with E-state index in [2.05, 4.69) is 22.5 Å². The number of hydrogen-bond donors (Lipinski definition) is 2. The molecule has 1 aliphatic carbocycles. The van der Waals surface area contributed by atoms with Crippen LogP contribution in [0.5, 0.6) is 0 Å². The monoisotopic (exact) mass is 345 g/mol. The van der Waals surface area contributed by atoms with E-state index in [1.165, 1.54) is 32.5 Å². The quantitative estimate of drug-likeness (QED) is 0.761. The highest BCUT2D eigenvalue weighted by Gasteiger charge is 2.30. The molecule has 138 valence electrons. The van der Waals surface area contributed by atoms with Crippen LogP contribution in [-0.2, 0) is 11.3 Å². The van der Waals surface area contributed by atoms with E-state index in [0.29, 0.717) is 18.6 Å². The Morgan fingerprint density at radius 2 is 1.92 bits per heavy atom. The predicted octanol–water partition coefficient (Wildman–Crippen LogP) is 2.77. The Bertz CT molecular complexity index is 525. The lowest BCUT2D eigenvalue weighted by atomic mass is 9.86. The van der Waals surface area contributed by atoms with Gasteiger partial charge in [0.1, 0.15) is 6.61 Å². The molecule has 1 aromatic carbocycles. The fourth-order valence-electron chi connectivity index (χ4n) is 3.67. The maximum atomic E-state index is 11.8. The third-order valence-corrected chi connectivity index (χ3v) is 5.20. The molecule has 1 aromatic rings. The summed E-state index contributed by atoms with van der Waals surface area (Å²) in [6, 6.07) is 10.5. The van der Waals surface area contributed by atoms with Crippen LogP contribution in [0.25, 0.3) is 0 Å². The van der Waals surface area contributed by atoms with E-state index in [4.69, 9.17) is 4.74 Å². The van der Waals surface area contributed by atoms with Gasteiger partial charge in [0, 0.05) is 18.6 Å². The van der Waals surface area contributed by atoms with Gasteiger partial charge in [-0.1, -0.05) is 37.3 Å². The van der Waals surface area contributed by atoms with Crippen LogP contribution in [0.15, 0.2) is 30.3 Å². The van der Waals surface area contributed by atoms with Crippen LogP contribution in [0.1, 0.15) is 38.2 Å². The second-order valence-corrected chi connectivity index (χ2v) is 7.59. The Kier molecular flexibility index (Phi) is 6.70. The minimum absolute atomic E-state index is 0.245. The molecule has 1 atom stereocenters. The molecule has 1 unspecified atom stereocenters. The Balaban J connectivity index is 1.23. The van der Waals surface area contributed by atoms with Crippen LogP contribution >= 0.6 is 0 Å². The number of likely N-dealkylation sites (tertiary alicyclic amines) is 1. The third-order valence-electron chi connectivity index (χ3n) is 5.20. The first-order chi connectivity index (χ1) is 12.2. The van der Waals surface area contributed by atoms with E-state index in [-0.39, 0.29) is 12.1 Å². The number of amides is 1. The van der Waals surface area contributed by atoms with Gasteiger partial charge in [0.15, 0.2) is 0 Å². The second kappa shape index (κ2) is 9.20. The molecule has 1 saturated carbocycles. The molecule has 1 aliphatic heterocycles. The highest BCUT2D eigenvalue weighted by atomic mass is 16.5. The maximum absolute atomic E-state index is 11.8. The van der Waals surface area contributed by atoms with Crippen LogP contribution < -0.4 is 10.6 Å². The Morgan fingerprint density at radius 1 is 1.20 bits per heavy atom. The first-order valence-electron chi connectivity index (χ1n) is 9.62. The van der Waals surface area contributed by atoms with Gasteiger partial charge in [-0.2, -0.15) is 0 Å². The van der Waals surface area contributed by atoms with E-state index in [0.717, 1.165) is 24.9 Å². The molecule has 1 heterocycles. The van der Waals surface area contributed by atoms with Crippen molar-refractivity contribution in [3.8, 4) is 0 Å². The van der Waals surface area contributed by atoms with Gasteiger partial charge in [0.2, 0.25) is 0 Å². The molecular formula is C20H31N3O2. The molecule has 0 bridgehead atoms. The molecule has 5 nitrogen and oxygen atoms in total. The van der Waals surface area contributed by atoms with Crippen molar-refractivity contribution in [2.24, 2.45) is 5.92 Å². The second-order valence-electron chi connectivity index (χ2n) is 7.59. The van der Waals surface area contributed by atoms with Crippen molar-refractivity contribution in [2.75, 3.05) is 26.2 Å². The molecule has 25 heavy (non-hydrogen) atoms. The lowest BCUT2D eigenvalue weighted by Crippen LogP contribution is -2.53. The highest BCUT2D eigenvalue weighted by molar-refractivity contribution is 5.67. The third kappa shape index (κ3) is 6.01. The zero-order chi connectivity index (χ0) is 17.5. The van der Waals surface area contributed by atoms with Crippen molar-refractivity contribution in [3.05, 3.63) is 35.9 Å². The molecule has 5 heteroatoms. The molecule has 2 aliphatic rings. The maximum Gasteiger partial charge on any atom is 0.407 e. The Morgan fingerprint density at radius 3 is 2.64 bits per heavy atom. The number of carbonyl (C=O) groups is 1. The molecule has 1 saturated heterocycles. The number of carbonyl (C=O) groups excluding carboxylic acids is 1. The molecule has 0 aromatic heterocycles. The molecule has 2 N–H and O–H groups in total. The van der Waals surface area contributed by atoms with Gasteiger partial charge in [0.05, 0.1) is 0 Å². The molecule has 2 fully saturated rings. The van der Waals surface area contributed by atoms with Crippen LogP contribution in [0.4, 0.5) is 4.79 Å². The van der Waals surface area contributed by atoms with E-state index in [1.54, 1.807) is 0 Å². The van der Waals surface area contributed by atoms with Crippen LogP contribution in [0.2, 0.25) is 0 Å². The Hall–Kier alpha value is -1.59. The summed E-state index contributed by atoms with van der Waals surface area (Å²) in [5.41, 5.74) is 1.01. The topological polar surface area (TPSA) is 53.6 Å². The van der Waals surface area contributed by atoms with Crippen molar-refractivity contribution >= 4 is 6.09 Å². The van der Waals surface area contributed by atoms with Crippen molar-refractivity contribution in [2.45, 2.75) is 51.3 Å². The van der Waals surface area contributed by atoms with Crippen molar-refractivity contribution in [1.29, 1.82) is 0 Å². The molecule has 0 spiro atoms. The van der Waals surface area contributed by atoms with E-state index >= 15 is 0 Å². The minimum Gasteiger partial charge on any atom is -0.445 e. The number of alkyl carbamates (subject to hydrolysis) is 1. The minimum atomic E-state index is -0.310. The lowest BCUT2D eigenvalue weighted by Gasteiger charge is -2.37. The van der Waals surface area contributed by atoms with Gasteiger partial charge >= 0.3 is 6.09 Å². The first kappa shape index (κ1) is 18.2. The van der Waals surface area contributed by atoms with E-state index in [1.807, 2.05) is 30.3 Å². The summed E-state index contributed by atoms with van der Waals surface area (Å²) in [6.45, 7) is 7.45. The fraction of sp³-hybridized carbons (Fsp3) is 0.650. The first-order valence-corrected chi connectivity index (χ1v) is 9.62. The van der Waals surface area contributed by atoms with E-state index in [9.17, 15) is 4.79 Å². The van der Waals surface area contributed by atoms with Gasteiger partial charge < -0.3 is 20.3 Å². The Labute approximate surface area is 151 Å². The average molecular weight is 345 g/mol. The van der Waals surface area contributed by atoms with Gasteiger partial charge in [-0.05, 0) is 56.8 Å². The summed E-state index contributed by atoms with van der Waals surface area (Å²) in [5.74, 6) is 0.681. The van der Waals surface area contributed by atoms with Crippen LogP contribution in [0.3, 0.4) is 0 Å². The zero-order valence-electron chi connectivity index (χ0n) is 15.2. The predicted molar refractivity (Wildman–Crippen MR) is 99.4 cm³/mol. The molecule has 0 radical (unpaired) electrons. The lowest BCUT2D eigenvalue weighted by molar-refractivity contribution is 0.125. The number of benzene rings is 1. The standard InChI is InChI=1S/C20H31N3O2/c1-16(14-23-9-5-6-10-23)13-21-18-11-19(12-18)22-20(24)25-15-17-7-3-2-4-8-17/h2-4,7-8,16,18-19,21H,5-6,9-15H2,1H3,(H,22,24). The zero-order valence-corrected chi connectivity index (χ0v) is 15.2. The number of ether oxygens (including phenoxy) is 1. The molecule has 1 amide bonds. The fourth-order valence-corrected chi connectivity index (χ4v) is 3.67. The SMILES string of the molecule is CC(CNC1CC(NC(=O)OCc2ccccc2)C1)CN1CCCC1. The molecular weight excluding hydrogens is 314 g/mol.